The Labute approximate surface area is 81.4 Å². The van der Waals surface area contributed by atoms with Gasteiger partial charge in [0, 0.05) is 5.70 Å². The predicted octanol–water partition coefficient (Wildman–Crippen LogP) is 2.46. The number of hydrogen-bond donors (Lipinski definition) is 1. The first-order chi connectivity index (χ1) is 6.14. The summed E-state index contributed by atoms with van der Waals surface area (Å²) >= 11 is 0. The van der Waals surface area contributed by atoms with Gasteiger partial charge in [-0.05, 0) is 20.3 Å². The molecule has 76 valence electrons. The number of nitrogens with one attached hydrogen (secondary N) is 1. The van der Waals surface area contributed by atoms with Crippen molar-refractivity contribution >= 4 is 0 Å². The summed E-state index contributed by atoms with van der Waals surface area (Å²) in [5, 5.41) is 3.49. The average Bonchev–Trinajstić information content (AvgIpc) is 2.03. The topological polar surface area (TPSA) is 21.3 Å². The van der Waals surface area contributed by atoms with Gasteiger partial charge in [0.2, 0.25) is 0 Å². The second-order valence-corrected chi connectivity index (χ2v) is 4.37. The highest BCUT2D eigenvalue weighted by Gasteiger charge is 2.22. The minimum Gasteiger partial charge on any atom is -0.380 e. The van der Waals surface area contributed by atoms with Crippen LogP contribution in [-0.2, 0) is 4.74 Å². The molecule has 0 atom stereocenters. The zero-order valence-corrected chi connectivity index (χ0v) is 9.02. The first kappa shape index (κ1) is 10.6. The fraction of sp³-hybridized carbons (Fsp3) is 0.818. The van der Waals surface area contributed by atoms with Gasteiger partial charge in [0.1, 0.15) is 0 Å². The Kier molecular flexibility index (Phi) is 3.79. The van der Waals surface area contributed by atoms with Crippen LogP contribution in [0.15, 0.2) is 11.8 Å². The van der Waals surface area contributed by atoms with Crippen LogP contribution in [0.4, 0.5) is 0 Å². The third kappa shape index (κ3) is 3.81. The highest BCUT2D eigenvalue weighted by molar-refractivity contribution is 5.06. The summed E-state index contributed by atoms with van der Waals surface area (Å²) in [4.78, 5) is 0. The normalized spacial score (nSPS) is 24.4. The molecule has 0 amide bonds. The minimum absolute atomic E-state index is 0.107. The van der Waals surface area contributed by atoms with Crippen molar-refractivity contribution in [3.8, 4) is 0 Å². The third-order valence-corrected chi connectivity index (χ3v) is 2.17. The number of rotatable bonds is 3. The van der Waals surface area contributed by atoms with Gasteiger partial charge in [0.05, 0.1) is 18.8 Å². The maximum atomic E-state index is 5.50. The van der Waals surface area contributed by atoms with E-state index in [4.69, 9.17) is 4.74 Å². The Hall–Kier alpha value is -0.500. The smallest absolute Gasteiger partial charge is 0.0860 e. The van der Waals surface area contributed by atoms with Gasteiger partial charge < -0.3 is 10.1 Å². The summed E-state index contributed by atoms with van der Waals surface area (Å²) < 4.78 is 5.50. The van der Waals surface area contributed by atoms with Crippen LogP contribution in [0, 0.1) is 0 Å². The zero-order chi connectivity index (χ0) is 9.73. The predicted molar refractivity (Wildman–Crippen MR) is 55.6 cm³/mol. The van der Waals surface area contributed by atoms with E-state index in [2.05, 4.69) is 32.2 Å². The molecule has 2 nitrogen and oxygen atoms in total. The minimum atomic E-state index is 0.107. The summed E-state index contributed by atoms with van der Waals surface area (Å²) in [6, 6.07) is 0. The molecule has 1 saturated heterocycles. The quantitative estimate of drug-likeness (QED) is 0.679. The molecule has 1 fully saturated rings. The maximum Gasteiger partial charge on any atom is 0.0860 e. The first-order valence-electron chi connectivity index (χ1n) is 5.19. The lowest BCUT2D eigenvalue weighted by atomic mass is 10.0. The molecule has 0 spiro atoms. The van der Waals surface area contributed by atoms with Crippen molar-refractivity contribution in [1.29, 1.82) is 0 Å². The number of ether oxygens (including phenoxy) is 1. The molecular weight excluding hydrogens is 162 g/mol. The van der Waals surface area contributed by atoms with Gasteiger partial charge >= 0.3 is 0 Å². The Morgan fingerprint density at radius 2 is 2.31 bits per heavy atom. The lowest BCUT2D eigenvalue weighted by molar-refractivity contribution is 0.0663. The second-order valence-electron chi connectivity index (χ2n) is 4.37. The van der Waals surface area contributed by atoms with Gasteiger partial charge in [-0.1, -0.05) is 25.8 Å². The summed E-state index contributed by atoms with van der Waals surface area (Å²) in [5.41, 5.74) is 1.36. The van der Waals surface area contributed by atoms with Crippen molar-refractivity contribution in [3.63, 3.8) is 0 Å². The van der Waals surface area contributed by atoms with Crippen molar-refractivity contribution in [3.05, 3.63) is 11.8 Å². The summed E-state index contributed by atoms with van der Waals surface area (Å²) in [5.74, 6) is 0. The molecule has 0 aromatic heterocycles. The van der Waals surface area contributed by atoms with Crippen LogP contribution in [-0.4, -0.2) is 18.8 Å². The van der Waals surface area contributed by atoms with Crippen LogP contribution in [0.3, 0.4) is 0 Å². The van der Waals surface area contributed by atoms with E-state index in [1.165, 1.54) is 18.5 Å². The molecule has 0 saturated carbocycles. The number of morpholine rings is 1. The van der Waals surface area contributed by atoms with Crippen LogP contribution in [0.2, 0.25) is 0 Å². The average molecular weight is 183 g/mol. The summed E-state index contributed by atoms with van der Waals surface area (Å²) in [6.45, 7) is 8.11. The molecule has 1 heterocycles. The van der Waals surface area contributed by atoms with E-state index in [-0.39, 0.29) is 5.54 Å². The Balaban J connectivity index is 2.37. The van der Waals surface area contributed by atoms with Crippen molar-refractivity contribution in [2.75, 3.05) is 13.2 Å². The van der Waals surface area contributed by atoms with Gasteiger partial charge in [-0.25, -0.2) is 0 Å². The summed E-state index contributed by atoms with van der Waals surface area (Å²) in [6.07, 6.45) is 5.96. The van der Waals surface area contributed by atoms with E-state index in [1.54, 1.807) is 0 Å². The molecule has 13 heavy (non-hydrogen) atoms. The fourth-order valence-corrected chi connectivity index (χ4v) is 1.51. The SMILES string of the molecule is CCCCC=C1COCC(C)(C)N1. The highest BCUT2D eigenvalue weighted by Crippen LogP contribution is 2.13. The fourth-order valence-electron chi connectivity index (χ4n) is 1.51. The highest BCUT2D eigenvalue weighted by atomic mass is 16.5. The van der Waals surface area contributed by atoms with Crippen molar-refractivity contribution in [2.45, 2.75) is 45.6 Å². The van der Waals surface area contributed by atoms with Gasteiger partial charge in [-0.2, -0.15) is 0 Å². The molecule has 1 aliphatic rings. The van der Waals surface area contributed by atoms with E-state index in [1.807, 2.05) is 0 Å². The van der Waals surface area contributed by atoms with E-state index in [0.29, 0.717) is 0 Å². The van der Waals surface area contributed by atoms with Crippen molar-refractivity contribution in [1.82, 2.24) is 5.32 Å². The largest absolute Gasteiger partial charge is 0.380 e. The molecule has 1 rings (SSSR count). The maximum absolute atomic E-state index is 5.50. The van der Waals surface area contributed by atoms with Crippen molar-refractivity contribution in [2.24, 2.45) is 0 Å². The first-order valence-corrected chi connectivity index (χ1v) is 5.19. The number of hydrogen-bond acceptors (Lipinski definition) is 2. The van der Waals surface area contributed by atoms with Gasteiger partial charge in [-0.3, -0.25) is 0 Å². The van der Waals surface area contributed by atoms with E-state index < -0.39 is 0 Å². The molecule has 0 aromatic rings. The lowest BCUT2D eigenvalue weighted by Gasteiger charge is -2.33. The van der Waals surface area contributed by atoms with E-state index in [0.717, 1.165) is 19.6 Å². The lowest BCUT2D eigenvalue weighted by Crippen LogP contribution is -2.48. The monoisotopic (exact) mass is 183 g/mol. The molecule has 1 aliphatic heterocycles. The van der Waals surface area contributed by atoms with Crippen molar-refractivity contribution < 1.29 is 4.74 Å². The van der Waals surface area contributed by atoms with E-state index >= 15 is 0 Å². The van der Waals surface area contributed by atoms with Crippen LogP contribution >= 0.6 is 0 Å². The molecule has 0 bridgehead atoms. The van der Waals surface area contributed by atoms with Gasteiger partial charge in [-0.15, -0.1) is 0 Å². The van der Waals surface area contributed by atoms with Crippen LogP contribution < -0.4 is 5.32 Å². The molecule has 1 N–H and O–H groups in total. The van der Waals surface area contributed by atoms with Crippen LogP contribution in [0.25, 0.3) is 0 Å². The van der Waals surface area contributed by atoms with Crippen LogP contribution in [0.1, 0.15) is 40.0 Å². The molecule has 0 radical (unpaired) electrons. The molecule has 2 heteroatoms. The van der Waals surface area contributed by atoms with Gasteiger partial charge in [0.15, 0.2) is 0 Å². The molecule has 0 aromatic carbocycles. The van der Waals surface area contributed by atoms with Crippen LogP contribution in [0.5, 0.6) is 0 Å². The molecule has 0 unspecified atom stereocenters. The third-order valence-electron chi connectivity index (χ3n) is 2.17. The molecular formula is C11H21NO. The Bertz CT molecular complexity index is 185. The zero-order valence-electron chi connectivity index (χ0n) is 9.02. The second kappa shape index (κ2) is 4.66. The Morgan fingerprint density at radius 3 is 2.92 bits per heavy atom. The standard InChI is InChI=1S/C11H21NO/c1-4-5-6-7-10-8-13-9-11(2,3)12-10/h7,12H,4-6,8-9H2,1-3H3. The Morgan fingerprint density at radius 1 is 1.54 bits per heavy atom. The van der Waals surface area contributed by atoms with E-state index in [9.17, 15) is 0 Å². The number of allylic oxidation sites excluding steroid dienone is 1. The summed E-state index contributed by atoms with van der Waals surface area (Å²) in [7, 11) is 0. The number of unbranched alkanes of at least 4 members (excludes halogenated alkanes) is 2. The van der Waals surface area contributed by atoms with Gasteiger partial charge in [0.25, 0.3) is 0 Å². The molecule has 0 aliphatic carbocycles.